The zero-order chi connectivity index (χ0) is 20.4. The molecule has 1 radical (unpaired) electrons. The summed E-state index contributed by atoms with van der Waals surface area (Å²) in [6.07, 6.45) is 4.73. The van der Waals surface area contributed by atoms with Gasteiger partial charge in [-0.05, 0) is 36.8 Å². The van der Waals surface area contributed by atoms with Gasteiger partial charge in [0, 0.05) is 24.4 Å². The van der Waals surface area contributed by atoms with Crippen molar-refractivity contribution in [2.75, 3.05) is 6.54 Å². The molecule has 0 saturated carbocycles. The van der Waals surface area contributed by atoms with E-state index in [0.717, 1.165) is 0 Å². The average molecular weight is 410 g/mol. The van der Waals surface area contributed by atoms with Gasteiger partial charge in [0.2, 0.25) is 21.7 Å². The van der Waals surface area contributed by atoms with Crippen LogP contribution in [0.2, 0.25) is 0 Å². The topological polar surface area (TPSA) is 128 Å². The van der Waals surface area contributed by atoms with Crippen LogP contribution in [-0.2, 0) is 23.0 Å². The highest BCUT2D eigenvalue weighted by Crippen LogP contribution is 2.26. The van der Waals surface area contributed by atoms with E-state index < -0.39 is 15.9 Å². The van der Waals surface area contributed by atoms with Crippen LogP contribution in [0.3, 0.4) is 0 Å². The fourth-order valence-corrected chi connectivity index (χ4v) is 4.29. The second kappa shape index (κ2) is 7.57. The van der Waals surface area contributed by atoms with Gasteiger partial charge in [0.15, 0.2) is 0 Å². The zero-order valence-corrected chi connectivity index (χ0v) is 16.0. The van der Waals surface area contributed by atoms with Crippen LogP contribution in [0.25, 0.3) is 0 Å². The molecule has 147 valence electrons. The third-order valence-electron chi connectivity index (χ3n) is 4.37. The Morgan fingerprint density at radius 1 is 1.17 bits per heavy atom. The Labute approximate surface area is 167 Å². The molecule has 1 aliphatic rings. The highest BCUT2D eigenvalue weighted by atomic mass is 32.2. The summed E-state index contributed by atoms with van der Waals surface area (Å²) in [6, 6.07) is 11.4. The van der Waals surface area contributed by atoms with Crippen molar-refractivity contribution in [3.8, 4) is 11.6 Å². The van der Waals surface area contributed by atoms with E-state index in [9.17, 15) is 13.2 Å². The molecule has 2 aromatic heterocycles. The number of pyridine rings is 1. The Morgan fingerprint density at radius 2 is 1.97 bits per heavy atom. The minimum Gasteiger partial charge on any atom is -0.439 e. The van der Waals surface area contributed by atoms with Crippen LogP contribution < -0.4 is 10.5 Å². The quantitative estimate of drug-likeness (QED) is 0.671. The number of hydrogen-bond acceptors (Lipinski definition) is 7. The van der Waals surface area contributed by atoms with Crippen molar-refractivity contribution in [3.05, 3.63) is 71.9 Å². The third-order valence-corrected chi connectivity index (χ3v) is 6.22. The van der Waals surface area contributed by atoms with Gasteiger partial charge in [-0.15, -0.1) is 0 Å². The minimum atomic E-state index is -3.76. The van der Waals surface area contributed by atoms with Gasteiger partial charge in [-0.25, -0.2) is 23.4 Å². The summed E-state index contributed by atoms with van der Waals surface area (Å²) >= 11 is 0. The van der Waals surface area contributed by atoms with Crippen LogP contribution in [0.1, 0.15) is 21.9 Å². The van der Waals surface area contributed by atoms with Crippen molar-refractivity contribution in [3.63, 3.8) is 0 Å². The molecule has 1 aromatic carbocycles. The molecule has 3 aromatic rings. The average Bonchev–Trinajstić information content (AvgIpc) is 2.74. The molecule has 10 heteroatoms. The number of carbonyl (C=O) groups is 1. The van der Waals surface area contributed by atoms with E-state index in [-0.39, 0.29) is 23.8 Å². The number of fused-ring (bicyclic) bond motifs is 1. The molecular weight excluding hydrogens is 394 g/mol. The minimum absolute atomic E-state index is 0.0170. The van der Waals surface area contributed by atoms with Crippen molar-refractivity contribution in [1.82, 2.24) is 19.3 Å². The Hall–Kier alpha value is -3.37. The maximum absolute atomic E-state index is 13.0. The van der Waals surface area contributed by atoms with Crippen molar-refractivity contribution in [2.45, 2.75) is 17.9 Å². The number of hydrogen-bond donors (Lipinski definition) is 1. The van der Waals surface area contributed by atoms with Crippen LogP contribution in [0.15, 0.2) is 53.6 Å². The molecular formula is C19H16N5O4S. The van der Waals surface area contributed by atoms with Gasteiger partial charge in [0.1, 0.15) is 5.75 Å². The number of ether oxygens (including phenoxy) is 1. The van der Waals surface area contributed by atoms with E-state index in [1.165, 1.54) is 16.4 Å². The molecule has 9 nitrogen and oxygen atoms in total. The van der Waals surface area contributed by atoms with Crippen molar-refractivity contribution >= 4 is 15.9 Å². The van der Waals surface area contributed by atoms with E-state index in [2.05, 4.69) is 21.1 Å². The summed E-state index contributed by atoms with van der Waals surface area (Å²) in [6.45, 7) is 0.278. The molecule has 29 heavy (non-hydrogen) atoms. The summed E-state index contributed by atoms with van der Waals surface area (Å²) in [5.41, 5.74) is 6.31. The lowest BCUT2D eigenvalue weighted by atomic mass is 10.1. The first-order chi connectivity index (χ1) is 13.9. The molecule has 4 rings (SSSR count). The second-order valence-electron chi connectivity index (χ2n) is 6.28. The Bertz CT molecular complexity index is 1150. The lowest BCUT2D eigenvalue weighted by molar-refractivity contribution is 0.0989. The number of rotatable bonds is 5. The highest BCUT2D eigenvalue weighted by Gasteiger charge is 2.30. The maximum Gasteiger partial charge on any atom is 0.286 e. The molecule has 1 amide bonds. The van der Waals surface area contributed by atoms with Crippen LogP contribution in [-0.4, -0.2) is 40.1 Å². The highest BCUT2D eigenvalue weighted by molar-refractivity contribution is 7.89. The van der Waals surface area contributed by atoms with E-state index in [4.69, 9.17) is 10.5 Å². The lowest BCUT2D eigenvalue weighted by Crippen LogP contribution is -2.37. The van der Waals surface area contributed by atoms with Gasteiger partial charge >= 0.3 is 0 Å². The number of sulfonamides is 1. The number of primary amides is 1. The largest absolute Gasteiger partial charge is 0.439 e. The first-order valence-corrected chi connectivity index (χ1v) is 10.1. The molecule has 2 N–H and O–H groups in total. The fraction of sp³-hybridized carbons (Fsp3) is 0.158. The molecule has 0 spiro atoms. The molecule has 0 bridgehead atoms. The summed E-state index contributed by atoms with van der Waals surface area (Å²) in [5, 5.41) is 0. The van der Waals surface area contributed by atoms with Crippen LogP contribution >= 0.6 is 0 Å². The molecule has 0 atom stereocenters. The molecule has 3 heterocycles. The van der Waals surface area contributed by atoms with Gasteiger partial charge in [-0.3, -0.25) is 4.79 Å². The SMILES string of the molecule is NC(=O)c1n[c]c2c(n1)CN(S(=O)(=O)c1ccc(Oc3ccccn3)cc1)CC2. The van der Waals surface area contributed by atoms with Crippen molar-refractivity contribution < 1.29 is 17.9 Å². The number of amides is 1. The zero-order valence-electron chi connectivity index (χ0n) is 15.1. The number of benzene rings is 1. The monoisotopic (exact) mass is 410 g/mol. The standard InChI is InChI=1S/C19H16N5O4S/c20-18(25)19-22-11-13-8-10-24(12-16(13)23-19)29(26,27)15-6-4-14(5-7-15)28-17-3-1-2-9-21-17/h1-7,9H,8,10,12H2,(H2,20,25). The van der Waals surface area contributed by atoms with Gasteiger partial charge in [-0.2, -0.15) is 4.31 Å². The molecule has 0 unspecified atom stereocenters. The number of nitrogens with two attached hydrogens (primary N) is 1. The Kier molecular flexibility index (Phi) is 4.95. The number of carbonyl (C=O) groups excluding carboxylic acids is 1. The first-order valence-electron chi connectivity index (χ1n) is 8.70. The normalized spacial score (nSPS) is 14.2. The van der Waals surface area contributed by atoms with Crippen LogP contribution in [0.5, 0.6) is 11.6 Å². The molecule has 0 fully saturated rings. The fourth-order valence-electron chi connectivity index (χ4n) is 2.89. The Morgan fingerprint density at radius 3 is 2.66 bits per heavy atom. The lowest BCUT2D eigenvalue weighted by Gasteiger charge is -2.27. The van der Waals surface area contributed by atoms with Gasteiger partial charge in [0.05, 0.1) is 23.3 Å². The molecule has 1 aliphatic heterocycles. The van der Waals surface area contributed by atoms with Crippen molar-refractivity contribution in [1.29, 1.82) is 0 Å². The van der Waals surface area contributed by atoms with Gasteiger partial charge in [0.25, 0.3) is 5.91 Å². The van der Waals surface area contributed by atoms with E-state index in [1.54, 1.807) is 36.5 Å². The van der Waals surface area contributed by atoms with Crippen LogP contribution in [0, 0.1) is 6.20 Å². The second-order valence-corrected chi connectivity index (χ2v) is 8.22. The Balaban J connectivity index is 1.54. The van der Waals surface area contributed by atoms with E-state index in [0.29, 0.717) is 29.3 Å². The molecule has 0 aliphatic carbocycles. The maximum atomic E-state index is 13.0. The summed E-state index contributed by atoms with van der Waals surface area (Å²) in [7, 11) is -3.76. The first kappa shape index (κ1) is 19.0. The van der Waals surface area contributed by atoms with E-state index >= 15 is 0 Å². The van der Waals surface area contributed by atoms with Crippen molar-refractivity contribution in [2.24, 2.45) is 5.73 Å². The smallest absolute Gasteiger partial charge is 0.286 e. The summed E-state index contributed by atoms with van der Waals surface area (Å²) in [4.78, 5) is 23.3. The summed E-state index contributed by atoms with van der Waals surface area (Å²) in [5.74, 6) is -0.0800. The predicted octanol–water partition coefficient (Wildman–Crippen LogP) is 1.31. The van der Waals surface area contributed by atoms with Gasteiger partial charge < -0.3 is 10.5 Å². The number of nitrogens with zero attached hydrogens (tertiary/aromatic N) is 4. The molecule has 0 saturated heterocycles. The summed E-state index contributed by atoms with van der Waals surface area (Å²) < 4.78 is 32.9. The number of aromatic nitrogens is 3. The van der Waals surface area contributed by atoms with E-state index in [1.807, 2.05) is 0 Å². The van der Waals surface area contributed by atoms with Crippen LogP contribution in [0.4, 0.5) is 0 Å². The van der Waals surface area contributed by atoms with Gasteiger partial charge in [-0.1, -0.05) is 6.07 Å². The third kappa shape index (κ3) is 3.93. The predicted molar refractivity (Wildman–Crippen MR) is 101 cm³/mol.